The number of ether oxygens (including phenoxy) is 1. The highest BCUT2D eigenvalue weighted by molar-refractivity contribution is 7.47. The first kappa shape index (κ1) is 42.1. The summed E-state index contributed by atoms with van der Waals surface area (Å²) >= 11 is 0. The summed E-state index contributed by atoms with van der Waals surface area (Å²) in [4.78, 5) is 97.2. The Bertz CT molecular complexity index is 1490. The predicted octanol–water partition coefficient (Wildman–Crippen LogP) is -1.75. The minimum Gasteiger partial charge on any atom is -0.496 e. The molecular formula is C31H49N8O12P. The molecule has 2 bridgehead atoms. The maximum absolute atomic E-state index is 13.8. The number of nitrogens with two attached hydrogens (primary N) is 1. The van der Waals surface area contributed by atoms with Crippen molar-refractivity contribution in [3.63, 3.8) is 0 Å². The summed E-state index contributed by atoms with van der Waals surface area (Å²) in [5.41, 5.74) is 5.85. The SMILES string of the molecule is CC(=O)N1CC2CC1C(=O)NC(CC(C)C)C(=O)NC(Cc1cnc[nH]1)C(=O)NC(CO)C(=O)NC(C(N)=O)C(C)OP(=O)(O)OCCCC=CO2. The van der Waals surface area contributed by atoms with Crippen molar-refractivity contribution >= 4 is 43.3 Å². The van der Waals surface area contributed by atoms with Crippen molar-refractivity contribution in [3.8, 4) is 0 Å². The molecule has 0 radical (unpaired) electrons. The van der Waals surface area contributed by atoms with Crippen LogP contribution in [0.1, 0.15) is 59.1 Å². The van der Waals surface area contributed by atoms with Crippen LogP contribution in [-0.2, 0) is 53.5 Å². The third-order valence-electron chi connectivity index (χ3n) is 8.25. The number of aliphatic hydroxyl groups excluding tert-OH is 1. The van der Waals surface area contributed by atoms with E-state index in [0.717, 1.165) is 0 Å². The van der Waals surface area contributed by atoms with Crippen molar-refractivity contribution in [2.24, 2.45) is 11.7 Å². The minimum absolute atomic E-state index is 0.0992. The second-order valence-corrected chi connectivity index (χ2v) is 14.4. The van der Waals surface area contributed by atoms with E-state index in [1.807, 2.05) is 13.8 Å². The van der Waals surface area contributed by atoms with Gasteiger partial charge < -0.3 is 51.6 Å². The second-order valence-electron chi connectivity index (χ2n) is 13.0. The lowest BCUT2D eigenvalue weighted by Crippen LogP contribution is -2.61. The Balaban J connectivity index is 1.94. The van der Waals surface area contributed by atoms with Crippen molar-refractivity contribution in [1.82, 2.24) is 36.1 Å². The summed E-state index contributed by atoms with van der Waals surface area (Å²) in [6.45, 7) is 5.04. The van der Waals surface area contributed by atoms with E-state index >= 15 is 0 Å². The summed E-state index contributed by atoms with van der Waals surface area (Å²) in [6.07, 6.45) is 4.42. The van der Waals surface area contributed by atoms with E-state index in [0.29, 0.717) is 12.1 Å². The molecule has 8 atom stereocenters. The van der Waals surface area contributed by atoms with Crippen LogP contribution in [0.5, 0.6) is 0 Å². The average molecular weight is 757 g/mol. The van der Waals surface area contributed by atoms with Crippen LogP contribution in [0.3, 0.4) is 0 Å². The van der Waals surface area contributed by atoms with Crippen LogP contribution in [0.4, 0.5) is 0 Å². The summed E-state index contributed by atoms with van der Waals surface area (Å²) in [5.74, 6) is -5.02. The van der Waals surface area contributed by atoms with Gasteiger partial charge in [-0.25, -0.2) is 9.55 Å². The zero-order valence-corrected chi connectivity index (χ0v) is 30.4. The third-order valence-corrected chi connectivity index (χ3v) is 9.36. The van der Waals surface area contributed by atoms with E-state index in [1.165, 1.54) is 37.5 Å². The summed E-state index contributed by atoms with van der Waals surface area (Å²) in [7, 11) is -4.76. The summed E-state index contributed by atoms with van der Waals surface area (Å²) in [6, 6.07) is -6.88. The smallest absolute Gasteiger partial charge is 0.472 e. The largest absolute Gasteiger partial charge is 0.496 e. The number of carbonyl (C=O) groups is 6. The van der Waals surface area contributed by atoms with Crippen molar-refractivity contribution in [3.05, 3.63) is 30.6 Å². The fourth-order valence-electron chi connectivity index (χ4n) is 5.62. The van der Waals surface area contributed by atoms with E-state index in [-0.39, 0.29) is 50.7 Å². The van der Waals surface area contributed by atoms with Gasteiger partial charge in [0.1, 0.15) is 36.3 Å². The lowest BCUT2D eigenvalue weighted by atomic mass is 10.0. The molecule has 21 heteroatoms. The minimum atomic E-state index is -4.76. The second kappa shape index (κ2) is 19.5. The van der Waals surface area contributed by atoms with Crippen LogP contribution >= 0.6 is 7.82 Å². The van der Waals surface area contributed by atoms with Gasteiger partial charge in [-0.3, -0.25) is 37.8 Å². The fourth-order valence-corrected chi connectivity index (χ4v) is 6.58. The molecule has 3 heterocycles. The Morgan fingerprint density at radius 2 is 1.71 bits per heavy atom. The highest BCUT2D eigenvalue weighted by atomic mass is 31.2. The molecule has 0 saturated carbocycles. The van der Waals surface area contributed by atoms with E-state index in [1.54, 1.807) is 6.08 Å². The van der Waals surface area contributed by atoms with Crippen LogP contribution in [0.15, 0.2) is 24.9 Å². The normalized spacial score (nSPS) is 30.6. The van der Waals surface area contributed by atoms with Crippen molar-refractivity contribution in [1.29, 1.82) is 0 Å². The molecule has 1 saturated heterocycles. The number of nitrogens with one attached hydrogen (secondary N) is 5. The number of aromatic nitrogens is 2. The number of amides is 6. The molecule has 6 amide bonds. The number of primary amides is 1. The molecule has 0 spiro atoms. The number of imidazole rings is 1. The molecule has 0 aliphatic carbocycles. The maximum Gasteiger partial charge on any atom is 0.472 e. The Kier molecular flexibility index (Phi) is 15.7. The number of H-pyrrole nitrogens is 1. The molecule has 0 aromatic carbocycles. The summed E-state index contributed by atoms with van der Waals surface area (Å²) in [5, 5.41) is 19.9. The van der Waals surface area contributed by atoms with Gasteiger partial charge in [0.05, 0.1) is 38.5 Å². The first-order chi connectivity index (χ1) is 24.5. The van der Waals surface area contributed by atoms with Crippen LogP contribution < -0.4 is 27.0 Å². The quantitative estimate of drug-likeness (QED) is 0.150. The zero-order chi connectivity index (χ0) is 38.6. The van der Waals surface area contributed by atoms with E-state index in [2.05, 4.69) is 31.2 Å². The average Bonchev–Trinajstić information content (AvgIpc) is 3.74. The molecule has 52 heavy (non-hydrogen) atoms. The van der Waals surface area contributed by atoms with Gasteiger partial charge >= 0.3 is 7.82 Å². The standard InChI is InChI=1S/C31H49N8O12P/c1-17(2)10-22-28(43)35-23(11-20-13-33-16-34-20)29(44)37-24(15-40)30(45)38-26(27(32)42)18(3)51-52(47,48)50-9-7-5-6-8-49-21-12-25(31(46)36-22)39(14-21)19(4)41/h6,8,13,16-18,21-26,40H,5,7,9-12,14-15H2,1-4H3,(H2,32,42)(H,33,34)(H,35,43)(H,36,46)(H,37,44)(H,38,45)(H,47,48). The number of phosphoric acid groups is 1. The molecule has 20 nitrogen and oxygen atoms in total. The maximum atomic E-state index is 13.8. The van der Waals surface area contributed by atoms with Gasteiger partial charge in [0.25, 0.3) is 0 Å². The third kappa shape index (κ3) is 12.7. The number of carbonyl (C=O) groups excluding carboxylic acids is 6. The molecular weight excluding hydrogens is 707 g/mol. The Morgan fingerprint density at radius 3 is 2.33 bits per heavy atom. The number of hydrogen-bond acceptors (Lipinski definition) is 12. The number of phosphoric ester groups is 1. The number of aromatic amines is 1. The highest BCUT2D eigenvalue weighted by Gasteiger charge is 2.41. The number of aliphatic hydroxyl groups is 1. The first-order valence-corrected chi connectivity index (χ1v) is 18.3. The van der Waals surface area contributed by atoms with Gasteiger partial charge in [-0.15, -0.1) is 0 Å². The van der Waals surface area contributed by atoms with Gasteiger partial charge in [-0.1, -0.05) is 13.8 Å². The molecule has 2 aliphatic heterocycles. The van der Waals surface area contributed by atoms with Crippen molar-refractivity contribution < 1.29 is 57.1 Å². The molecule has 9 N–H and O–H groups in total. The fraction of sp³-hybridized carbons (Fsp3) is 0.645. The first-order valence-electron chi connectivity index (χ1n) is 16.8. The Labute approximate surface area is 300 Å². The van der Waals surface area contributed by atoms with Gasteiger partial charge in [-0.05, 0) is 38.2 Å². The lowest BCUT2D eigenvalue weighted by Gasteiger charge is -2.28. The van der Waals surface area contributed by atoms with Crippen LogP contribution in [0.25, 0.3) is 0 Å². The van der Waals surface area contributed by atoms with E-state index < -0.39 is 86.4 Å². The number of hydrogen-bond donors (Lipinski definition) is 8. The number of fused-ring (bicyclic) bond motifs is 2. The summed E-state index contributed by atoms with van der Waals surface area (Å²) < 4.78 is 28.4. The van der Waals surface area contributed by atoms with Gasteiger partial charge in [0, 0.05) is 31.7 Å². The van der Waals surface area contributed by atoms with Crippen LogP contribution in [-0.4, -0.2) is 122 Å². The zero-order valence-electron chi connectivity index (χ0n) is 29.5. The van der Waals surface area contributed by atoms with E-state index in [4.69, 9.17) is 19.5 Å². The lowest BCUT2D eigenvalue weighted by molar-refractivity contribution is -0.139. The topological polar surface area (TPSA) is 294 Å². The van der Waals surface area contributed by atoms with Crippen molar-refractivity contribution in [2.75, 3.05) is 19.8 Å². The predicted molar refractivity (Wildman–Crippen MR) is 181 cm³/mol. The van der Waals surface area contributed by atoms with E-state index in [9.17, 15) is 43.3 Å². The van der Waals surface area contributed by atoms with Gasteiger partial charge in [0.2, 0.25) is 35.4 Å². The van der Waals surface area contributed by atoms with Crippen LogP contribution in [0.2, 0.25) is 0 Å². The molecule has 1 aromatic heterocycles. The Morgan fingerprint density at radius 1 is 1.06 bits per heavy atom. The molecule has 1 aromatic rings. The van der Waals surface area contributed by atoms with Crippen molar-refractivity contribution in [2.45, 2.75) is 102 Å². The monoisotopic (exact) mass is 756 g/mol. The number of rotatable bonds is 6. The number of nitrogens with zero attached hydrogens (tertiary/aromatic N) is 2. The number of allylic oxidation sites excluding steroid dienone is 1. The molecule has 2 aliphatic rings. The highest BCUT2D eigenvalue weighted by Crippen LogP contribution is 2.45. The van der Waals surface area contributed by atoms with Gasteiger partial charge in [-0.2, -0.15) is 0 Å². The Hall–Kier alpha value is -4.36. The van der Waals surface area contributed by atoms with Crippen LogP contribution in [0, 0.1) is 5.92 Å². The molecule has 290 valence electrons. The van der Waals surface area contributed by atoms with Gasteiger partial charge in [0.15, 0.2) is 0 Å². The molecule has 1 fully saturated rings. The molecule has 3 rings (SSSR count). The number of likely N-dealkylation sites (tertiary alicyclic amines) is 1. The molecule has 8 unspecified atom stereocenters.